The first kappa shape index (κ1) is 19.4. The molecule has 4 rings (SSSR count). The van der Waals surface area contributed by atoms with Crippen LogP contribution >= 0.6 is 11.6 Å². The molecular formula is C21H19ClFN3O3. The van der Waals surface area contributed by atoms with Crippen molar-refractivity contribution in [3.05, 3.63) is 59.4 Å². The Bertz CT molecular complexity index is 989. The van der Waals surface area contributed by atoms with Crippen LogP contribution < -0.4 is 15.0 Å². The Morgan fingerprint density at radius 2 is 2.28 bits per heavy atom. The number of nitrogens with one attached hydrogen (secondary N) is 1. The molecule has 1 saturated heterocycles. The maximum absolute atomic E-state index is 13.6. The molecule has 1 fully saturated rings. The van der Waals surface area contributed by atoms with E-state index < -0.39 is 5.82 Å². The number of amides is 1. The van der Waals surface area contributed by atoms with Gasteiger partial charge in [0.2, 0.25) is 5.91 Å². The highest BCUT2D eigenvalue weighted by Gasteiger charge is 2.24. The van der Waals surface area contributed by atoms with Crippen LogP contribution in [0.4, 0.5) is 21.5 Å². The molecule has 0 bridgehead atoms. The summed E-state index contributed by atoms with van der Waals surface area (Å²) in [5, 5.41) is 2.82. The van der Waals surface area contributed by atoms with Crippen molar-refractivity contribution in [2.45, 2.75) is 12.5 Å². The van der Waals surface area contributed by atoms with Gasteiger partial charge in [0.25, 0.3) is 0 Å². The maximum Gasteiger partial charge on any atom is 0.247 e. The molecule has 29 heavy (non-hydrogen) atoms. The number of aliphatic imine (C=N–C) groups is 1. The zero-order valence-corrected chi connectivity index (χ0v) is 16.3. The number of anilines is 3. The summed E-state index contributed by atoms with van der Waals surface area (Å²) in [6.07, 6.45) is 3.59. The Hall–Kier alpha value is -2.90. The standard InChI is InChI=1S/C21H19ClFN3O3/c1-2-21(27)25-18-7-13-10-24-12-26(14-3-4-17(23)16(22)8-14)19(13)9-20(18)29-15-5-6-28-11-15/h2-4,7-10,15H,1,5-6,11-12H2,(H,25,27)/t15-/m0/s1. The largest absolute Gasteiger partial charge is 0.486 e. The predicted molar refractivity (Wildman–Crippen MR) is 111 cm³/mol. The molecule has 1 amide bonds. The molecule has 2 heterocycles. The fourth-order valence-electron chi connectivity index (χ4n) is 3.26. The maximum atomic E-state index is 13.6. The average Bonchev–Trinajstić information content (AvgIpc) is 3.23. The van der Waals surface area contributed by atoms with Crippen molar-refractivity contribution in [1.29, 1.82) is 0 Å². The number of hydrogen-bond donors (Lipinski definition) is 1. The summed E-state index contributed by atoms with van der Waals surface area (Å²) in [6, 6.07) is 8.16. The van der Waals surface area contributed by atoms with Crippen molar-refractivity contribution in [3.8, 4) is 5.75 Å². The van der Waals surface area contributed by atoms with E-state index in [-0.39, 0.29) is 17.0 Å². The summed E-state index contributed by atoms with van der Waals surface area (Å²) in [6.45, 7) is 4.97. The molecule has 1 atom stereocenters. The first-order valence-electron chi connectivity index (χ1n) is 9.13. The van der Waals surface area contributed by atoms with E-state index in [9.17, 15) is 9.18 Å². The molecule has 0 radical (unpaired) electrons. The lowest BCUT2D eigenvalue weighted by Gasteiger charge is -2.29. The molecule has 0 unspecified atom stereocenters. The van der Waals surface area contributed by atoms with Gasteiger partial charge in [-0.25, -0.2) is 4.39 Å². The molecular weight excluding hydrogens is 397 g/mol. The van der Waals surface area contributed by atoms with Crippen molar-refractivity contribution in [1.82, 2.24) is 0 Å². The van der Waals surface area contributed by atoms with Gasteiger partial charge in [-0.1, -0.05) is 18.2 Å². The molecule has 8 heteroatoms. The van der Waals surface area contributed by atoms with Gasteiger partial charge < -0.3 is 19.7 Å². The van der Waals surface area contributed by atoms with E-state index in [1.165, 1.54) is 12.1 Å². The van der Waals surface area contributed by atoms with Crippen LogP contribution in [0.15, 0.2) is 48.0 Å². The number of halogens is 2. The van der Waals surface area contributed by atoms with Crippen molar-refractivity contribution in [2.24, 2.45) is 4.99 Å². The molecule has 1 N–H and O–H groups in total. The quantitative estimate of drug-likeness (QED) is 0.739. The molecule has 2 aliphatic heterocycles. The minimum absolute atomic E-state index is 0.0352. The average molecular weight is 416 g/mol. The zero-order chi connectivity index (χ0) is 20.4. The topological polar surface area (TPSA) is 63.2 Å². The molecule has 2 aromatic carbocycles. The SMILES string of the molecule is C=CC(=O)Nc1cc2c(cc1O[C@H]1CCOC1)N(c1ccc(F)c(Cl)c1)CN=C2. The smallest absolute Gasteiger partial charge is 0.247 e. The second kappa shape index (κ2) is 8.23. The van der Waals surface area contributed by atoms with Crippen LogP contribution in [-0.2, 0) is 9.53 Å². The third kappa shape index (κ3) is 4.11. The monoisotopic (exact) mass is 415 g/mol. The number of nitrogens with zero attached hydrogens (tertiary/aromatic N) is 2. The van der Waals surface area contributed by atoms with E-state index in [0.29, 0.717) is 37.0 Å². The molecule has 0 spiro atoms. The van der Waals surface area contributed by atoms with Crippen LogP contribution in [-0.4, -0.2) is 38.1 Å². The minimum atomic E-state index is -0.483. The molecule has 0 saturated carbocycles. The molecule has 150 valence electrons. The van der Waals surface area contributed by atoms with Gasteiger partial charge in [-0.15, -0.1) is 0 Å². The third-order valence-corrected chi connectivity index (χ3v) is 5.00. The molecule has 0 aromatic heterocycles. The highest BCUT2D eigenvalue weighted by atomic mass is 35.5. The Morgan fingerprint density at radius 3 is 3.00 bits per heavy atom. The zero-order valence-electron chi connectivity index (χ0n) is 15.5. The number of rotatable bonds is 5. The molecule has 6 nitrogen and oxygen atoms in total. The van der Waals surface area contributed by atoms with Crippen LogP contribution in [0.25, 0.3) is 0 Å². The van der Waals surface area contributed by atoms with Crippen molar-refractivity contribution >= 4 is 40.8 Å². The summed E-state index contributed by atoms with van der Waals surface area (Å²) in [7, 11) is 0. The van der Waals surface area contributed by atoms with Gasteiger partial charge in [-0.05, 0) is 30.3 Å². The van der Waals surface area contributed by atoms with E-state index in [1.807, 2.05) is 11.0 Å². The van der Waals surface area contributed by atoms with Crippen LogP contribution in [0, 0.1) is 5.82 Å². The lowest BCUT2D eigenvalue weighted by molar-refractivity contribution is -0.111. The van der Waals surface area contributed by atoms with Crippen molar-refractivity contribution in [2.75, 3.05) is 30.1 Å². The molecule has 0 aliphatic carbocycles. The summed E-state index contributed by atoms with van der Waals surface area (Å²) in [5.41, 5.74) is 2.82. The van der Waals surface area contributed by atoms with Crippen LogP contribution in [0.3, 0.4) is 0 Å². The van der Waals surface area contributed by atoms with Crippen molar-refractivity contribution < 1.29 is 18.7 Å². The minimum Gasteiger partial charge on any atom is -0.486 e. The van der Waals surface area contributed by atoms with Crippen LogP contribution in [0.1, 0.15) is 12.0 Å². The second-order valence-corrected chi connectivity index (χ2v) is 7.09. The summed E-state index contributed by atoms with van der Waals surface area (Å²) >= 11 is 5.97. The van der Waals surface area contributed by atoms with E-state index in [1.54, 1.807) is 24.4 Å². The normalized spacial score (nSPS) is 17.7. The first-order chi connectivity index (χ1) is 14.0. The Morgan fingerprint density at radius 1 is 1.41 bits per heavy atom. The molecule has 2 aromatic rings. The number of ether oxygens (including phenoxy) is 2. The third-order valence-electron chi connectivity index (χ3n) is 4.71. The van der Waals surface area contributed by atoms with Gasteiger partial charge >= 0.3 is 0 Å². The number of carbonyl (C=O) groups excluding carboxylic acids is 1. The Balaban J connectivity index is 1.75. The van der Waals surface area contributed by atoms with Crippen molar-refractivity contribution in [3.63, 3.8) is 0 Å². The Kier molecular flexibility index (Phi) is 5.51. The van der Waals surface area contributed by atoms with Gasteiger partial charge in [-0.2, -0.15) is 0 Å². The fourth-order valence-corrected chi connectivity index (χ4v) is 3.43. The van der Waals surface area contributed by atoms with E-state index >= 15 is 0 Å². The van der Waals surface area contributed by atoms with Gasteiger partial charge in [0.15, 0.2) is 0 Å². The second-order valence-electron chi connectivity index (χ2n) is 6.68. The van der Waals surface area contributed by atoms with Gasteiger partial charge in [0, 0.05) is 30.0 Å². The predicted octanol–water partition coefficient (Wildman–Crippen LogP) is 4.30. The Labute approximate surface area is 172 Å². The van der Waals surface area contributed by atoms with Crippen LogP contribution in [0.2, 0.25) is 5.02 Å². The number of fused-ring (bicyclic) bond motifs is 1. The summed E-state index contributed by atoms with van der Waals surface area (Å²) in [4.78, 5) is 18.2. The van der Waals surface area contributed by atoms with Gasteiger partial charge in [0.1, 0.15) is 24.3 Å². The number of hydrogen-bond acceptors (Lipinski definition) is 5. The van der Waals surface area contributed by atoms with E-state index in [0.717, 1.165) is 17.7 Å². The number of carbonyl (C=O) groups is 1. The van der Waals surface area contributed by atoms with Crippen LogP contribution in [0.5, 0.6) is 5.75 Å². The highest BCUT2D eigenvalue weighted by Crippen LogP contribution is 2.39. The first-order valence-corrected chi connectivity index (χ1v) is 9.51. The van der Waals surface area contributed by atoms with Gasteiger partial charge in [-0.3, -0.25) is 9.79 Å². The highest BCUT2D eigenvalue weighted by molar-refractivity contribution is 6.31. The van der Waals surface area contributed by atoms with E-state index in [2.05, 4.69) is 16.9 Å². The summed E-state index contributed by atoms with van der Waals surface area (Å²) < 4.78 is 25.1. The lowest BCUT2D eigenvalue weighted by atomic mass is 10.1. The molecule has 2 aliphatic rings. The van der Waals surface area contributed by atoms with E-state index in [4.69, 9.17) is 21.1 Å². The number of benzene rings is 2. The fraction of sp³-hybridized carbons (Fsp3) is 0.238. The van der Waals surface area contributed by atoms with Gasteiger partial charge in [0.05, 0.1) is 29.6 Å². The lowest BCUT2D eigenvalue weighted by Crippen LogP contribution is -2.23. The summed E-state index contributed by atoms with van der Waals surface area (Å²) in [5.74, 6) is -0.306.